The molecule has 0 fully saturated rings. The van der Waals surface area contributed by atoms with E-state index in [2.05, 4.69) is 21.9 Å². The van der Waals surface area contributed by atoms with Crippen LogP contribution in [0.25, 0.3) is 11.3 Å². The lowest BCUT2D eigenvalue weighted by atomic mass is 10.1. The molecular formula is C19H20N4O2S2. The molecule has 2 heterocycles. The number of nitrogens with one attached hydrogen (secondary N) is 1. The predicted molar refractivity (Wildman–Crippen MR) is 111 cm³/mol. The van der Waals surface area contributed by atoms with Crippen LogP contribution in [0.5, 0.6) is 5.75 Å². The molecule has 6 nitrogen and oxygen atoms in total. The normalized spacial score (nSPS) is 10.6. The molecule has 1 amide bonds. The van der Waals surface area contributed by atoms with E-state index < -0.39 is 0 Å². The number of aromatic nitrogens is 3. The Morgan fingerprint density at radius 2 is 2.19 bits per heavy atom. The summed E-state index contributed by atoms with van der Waals surface area (Å²) in [5.41, 5.74) is 2.89. The molecule has 8 heteroatoms. The third-order valence-corrected chi connectivity index (χ3v) is 5.58. The van der Waals surface area contributed by atoms with Gasteiger partial charge in [0.05, 0.1) is 30.4 Å². The van der Waals surface area contributed by atoms with E-state index in [-0.39, 0.29) is 11.7 Å². The van der Waals surface area contributed by atoms with Crippen LogP contribution in [-0.2, 0) is 11.3 Å². The Morgan fingerprint density at radius 3 is 2.81 bits per heavy atom. The minimum absolute atomic E-state index is 0.103. The maximum atomic E-state index is 12.2. The zero-order valence-corrected chi connectivity index (χ0v) is 16.8. The number of thioether (sulfide) groups is 1. The summed E-state index contributed by atoms with van der Waals surface area (Å²) in [5, 5.41) is 6.10. The number of allylic oxidation sites excluding steroid dienone is 1. The average Bonchev–Trinajstić information content (AvgIpc) is 3.26. The van der Waals surface area contributed by atoms with Crippen LogP contribution in [0.15, 0.2) is 53.7 Å². The van der Waals surface area contributed by atoms with Crippen molar-refractivity contribution < 1.29 is 9.53 Å². The minimum atomic E-state index is -0.103. The van der Waals surface area contributed by atoms with Gasteiger partial charge in [0.1, 0.15) is 5.75 Å². The molecule has 27 heavy (non-hydrogen) atoms. The van der Waals surface area contributed by atoms with Gasteiger partial charge in [-0.15, -0.1) is 17.9 Å². The summed E-state index contributed by atoms with van der Waals surface area (Å²) < 4.78 is 7.25. The monoisotopic (exact) mass is 400 g/mol. The third-order valence-electron chi connectivity index (χ3n) is 3.71. The van der Waals surface area contributed by atoms with E-state index >= 15 is 0 Å². The largest absolute Gasteiger partial charge is 0.497 e. The van der Waals surface area contributed by atoms with Crippen LogP contribution in [-0.4, -0.2) is 33.3 Å². The van der Waals surface area contributed by atoms with Crippen LogP contribution < -0.4 is 10.1 Å². The number of ether oxygens (including phenoxy) is 1. The van der Waals surface area contributed by atoms with Crippen molar-refractivity contribution in [3.05, 3.63) is 54.2 Å². The topological polar surface area (TPSA) is 69.0 Å². The number of amides is 1. The van der Waals surface area contributed by atoms with E-state index in [9.17, 15) is 4.79 Å². The highest BCUT2D eigenvalue weighted by molar-refractivity contribution is 7.99. The van der Waals surface area contributed by atoms with Gasteiger partial charge in [-0.3, -0.25) is 4.79 Å². The number of rotatable bonds is 8. The van der Waals surface area contributed by atoms with E-state index in [1.165, 1.54) is 23.1 Å². The van der Waals surface area contributed by atoms with E-state index in [0.717, 1.165) is 27.9 Å². The highest BCUT2D eigenvalue weighted by Crippen LogP contribution is 2.28. The molecule has 1 N–H and O–H groups in total. The van der Waals surface area contributed by atoms with Crippen molar-refractivity contribution >= 4 is 34.1 Å². The van der Waals surface area contributed by atoms with Gasteiger partial charge in [0.15, 0.2) is 10.3 Å². The number of imidazole rings is 1. The van der Waals surface area contributed by atoms with Gasteiger partial charge in [0.2, 0.25) is 5.91 Å². The summed E-state index contributed by atoms with van der Waals surface area (Å²) in [6, 6.07) is 7.80. The Hall–Kier alpha value is -2.58. The smallest absolute Gasteiger partial charge is 0.236 e. The second-order valence-electron chi connectivity index (χ2n) is 5.68. The molecule has 3 aromatic rings. The van der Waals surface area contributed by atoms with Gasteiger partial charge in [-0.1, -0.05) is 17.8 Å². The van der Waals surface area contributed by atoms with Gasteiger partial charge in [-0.25, -0.2) is 9.97 Å². The Balaban J connectivity index is 1.72. The van der Waals surface area contributed by atoms with Crippen molar-refractivity contribution in [1.82, 2.24) is 14.5 Å². The molecule has 0 saturated carbocycles. The molecule has 0 aliphatic heterocycles. The number of anilines is 1. The summed E-state index contributed by atoms with van der Waals surface area (Å²) in [7, 11) is 1.64. The van der Waals surface area contributed by atoms with Crippen molar-refractivity contribution in [1.29, 1.82) is 0 Å². The van der Waals surface area contributed by atoms with Gasteiger partial charge in [-0.2, -0.15) is 0 Å². The van der Waals surface area contributed by atoms with Crippen molar-refractivity contribution in [2.75, 3.05) is 18.2 Å². The highest BCUT2D eigenvalue weighted by atomic mass is 32.2. The van der Waals surface area contributed by atoms with Crippen LogP contribution in [0.1, 0.15) is 5.69 Å². The third kappa shape index (κ3) is 4.78. The van der Waals surface area contributed by atoms with Crippen molar-refractivity contribution in [3.8, 4) is 17.0 Å². The maximum Gasteiger partial charge on any atom is 0.236 e. The summed E-state index contributed by atoms with van der Waals surface area (Å²) in [6.07, 6.45) is 3.63. The summed E-state index contributed by atoms with van der Waals surface area (Å²) in [6.45, 7) is 6.33. The van der Waals surface area contributed by atoms with Crippen LogP contribution in [0, 0.1) is 6.92 Å². The second kappa shape index (κ2) is 8.88. The highest BCUT2D eigenvalue weighted by Gasteiger charge is 2.14. The van der Waals surface area contributed by atoms with Crippen molar-refractivity contribution in [2.24, 2.45) is 0 Å². The molecule has 0 saturated heterocycles. The fourth-order valence-corrected chi connectivity index (χ4v) is 3.96. The van der Waals surface area contributed by atoms with Crippen LogP contribution in [0.3, 0.4) is 0 Å². The minimum Gasteiger partial charge on any atom is -0.497 e. The Kier molecular flexibility index (Phi) is 6.31. The van der Waals surface area contributed by atoms with Crippen molar-refractivity contribution in [2.45, 2.75) is 18.6 Å². The standard InChI is InChI=1S/C19H20N4O2S2/c1-4-9-23-16(14-5-7-15(25-3)8-6-14)10-20-19(23)27-12-17(24)22-18-21-13(2)11-26-18/h4-8,10-11H,1,9,12H2,2-3H3,(H,21,22,24). The lowest BCUT2D eigenvalue weighted by molar-refractivity contribution is -0.113. The fraction of sp³-hybridized carbons (Fsp3) is 0.211. The molecule has 140 valence electrons. The number of carbonyl (C=O) groups is 1. The molecule has 0 spiro atoms. The van der Waals surface area contributed by atoms with Crippen molar-refractivity contribution in [3.63, 3.8) is 0 Å². The SMILES string of the molecule is C=CCn1c(-c2ccc(OC)cc2)cnc1SCC(=O)Nc1nc(C)cs1. The zero-order valence-electron chi connectivity index (χ0n) is 15.1. The van der Waals surface area contributed by atoms with Gasteiger partial charge in [0.25, 0.3) is 0 Å². The molecule has 1 aromatic carbocycles. The number of methoxy groups -OCH3 is 1. The number of nitrogens with zero attached hydrogens (tertiary/aromatic N) is 3. The van der Waals surface area contributed by atoms with E-state index in [1.807, 2.05) is 53.4 Å². The number of benzene rings is 1. The first kappa shape index (κ1) is 19.2. The molecule has 0 radical (unpaired) electrons. The van der Waals surface area contributed by atoms with Gasteiger partial charge >= 0.3 is 0 Å². The number of hydrogen-bond donors (Lipinski definition) is 1. The number of aryl methyl sites for hydroxylation is 1. The Morgan fingerprint density at radius 1 is 1.41 bits per heavy atom. The Bertz CT molecular complexity index is 932. The average molecular weight is 401 g/mol. The quantitative estimate of drug-likeness (QED) is 0.452. The molecule has 0 aliphatic rings. The lowest BCUT2D eigenvalue weighted by Gasteiger charge is -2.10. The second-order valence-corrected chi connectivity index (χ2v) is 7.49. The molecule has 0 atom stereocenters. The van der Waals surface area contributed by atoms with Crippen LogP contribution in [0.4, 0.5) is 5.13 Å². The maximum absolute atomic E-state index is 12.2. The van der Waals surface area contributed by atoms with Crippen LogP contribution >= 0.6 is 23.1 Å². The lowest BCUT2D eigenvalue weighted by Crippen LogP contribution is -2.14. The van der Waals surface area contributed by atoms with Gasteiger partial charge < -0.3 is 14.6 Å². The molecule has 0 bridgehead atoms. The summed E-state index contributed by atoms with van der Waals surface area (Å²) in [5.74, 6) is 0.959. The first-order valence-electron chi connectivity index (χ1n) is 8.26. The Labute approximate surface area is 166 Å². The van der Waals surface area contributed by atoms with Crippen LogP contribution in [0.2, 0.25) is 0 Å². The summed E-state index contributed by atoms with van der Waals surface area (Å²) >= 11 is 2.81. The molecular weight excluding hydrogens is 380 g/mol. The van der Waals surface area contributed by atoms with Gasteiger partial charge in [0, 0.05) is 17.5 Å². The molecule has 3 rings (SSSR count). The van der Waals surface area contributed by atoms with Gasteiger partial charge in [-0.05, 0) is 31.2 Å². The van der Waals surface area contributed by atoms with E-state index in [4.69, 9.17) is 4.74 Å². The fourth-order valence-electron chi connectivity index (χ4n) is 2.47. The first-order chi connectivity index (χ1) is 13.1. The van der Waals surface area contributed by atoms with E-state index in [0.29, 0.717) is 11.7 Å². The molecule has 2 aromatic heterocycles. The zero-order chi connectivity index (χ0) is 19.2. The predicted octanol–water partition coefficient (Wildman–Crippen LogP) is 4.24. The molecule has 0 aliphatic carbocycles. The number of carbonyl (C=O) groups excluding carboxylic acids is 1. The number of hydrogen-bond acceptors (Lipinski definition) is 6. The molecule has 0 unspecified atom stereocenters. The summed E-state index contributed by atoms with van der Waals surface area (Å²) in [4.78, 5) is 20.9. The first-order valence-corrected chi connectivity index (χ1v) is 10.1. The number of thiazole rings is 1. The van der Waals surface area contributed by atoms with E-state index in [1.54, 1.807) is 7.11 Å².